The van der Waals surface area contributed by atoms with Gasteiger partial charge in [-0.1, -0.05) is 18.2 Å². The number of hydrogen-bond donors (Lipinski definition) is 2. The monoisotopic (exact) mass is 197 g/mol. The number of fused-ring (bicyclic) bond motifs is 3. The maximum absolute atomic E-state index is 5.50. The zero-order chi connectivity index (χ0) is 10.3. The first-order valence-electron chi connectivity index (χ1n) is 4.85. The van der Waals surface area contributed by atoms with Gasteiger partial charge in [-0.25, -0.2) is 0 Å². The summed E-state index contributed by atoms with van der Waals surface area (Å²) in [5.74, 6) is 5.50. The highest BCUT2D eigenvalue weighted by atomic mass is 15.2. The van der Waals surface area contributed by atoms with Crippen molar-refractivity contribution in [1.29, 1.82) is 0 Å². The van der Waals surface area contributed by atoms with Crippen LogP contribution in [0.3, 0.4) is 0 Å². The van der Waals surface area contributed by atoms with Gasteiger partial charge in [0.2, 0.25) is 0 Å². The van der Waals surface area contributed by atoms with Crippen molar-refractivity contribution in [1.82, 2.24) is 4.40 Å². The average Bonchev–Trinajstić information content (AvgIpc) is 2.77. The van der Waals surface area contributed by atoms with Crippen LogP contribution in [0.5, 0.6) is 0 Å². The molecule has 0 amide bonds. The molecule has 0 radical (unpaired) electrons. The number of benzene rings is 1. The number of aromatic nitrogens is 1. The molecule has 3 N–H and O–H groups in total. The van der Waals surface area contributed by atoms with E-state index in [1.165, 1.54) is 10.9 Å². The first-order chi connectivity index (χ1) is 7.40. The Bertz CT molecular complexity index is 625. The Morgan fingerprint density at radius 1 is 1.00 bits per heavy atom. The van der Waals surface area contributed by atoms with Crippen LogP contribution in [0.25, 0.3) is 16.4 Å². The number of anilines is 1. The van der Waals surface area contributed by atoms with Gasteiger partial charge in [-0.2, -0.15) is 0 Å². The van der Waals surface area contributed by atoms with Gasteiger partial charge in [0.05, 0.1) is 16.7 Å². The third-order valence-corrected chi connectivity index (χ3v) is 2.68. The quantitative estimate of drug-likeness (QED) is 0.464. The Balaban J connectivity index is 2.57. The zero-order valence-corrected chi connectivity index (χ0v) is 8.14. The van der Waals surface area contributed by atoms with Crippen molar-refractivity contribution in [3.8, 4) is 0 Å². The van der Waals surface area contributed by atoms with Gasteiger partial charge in [0, 0.05) is 11.6 Å². The van der Waals surface area contributed by atoms with Gasteiger partial charge in [0.15, 0.2) is 0 Å². The molecular formula is C12H11N3. The fraction of sp³-hybridized carbons (Fsp3) is 0. The lowest BCUT2D eigenvalue weighted by Gasteiger charge is -2.08. The second kappa shape index (κ2) is 3.00. The molecule has 0 saturated carbocycles. The SMILES string of the molecule is NNc1cc2ccccc2n2cccc12. The Kier molecular flexibility index (Phi) is 1.66. The number of nitrogens with zero attached hydrogens (tertiary/aromatic N) is 1. The van der Waals surface area contributed by atoms with E-state index in [0.717, 1.165) is 11.2 Å². The number of pyridine rings is 1. The normalized spacial score (nSPS) is 11.0. The fourth-order valence-corrected chi connectivity index (χ4v) is 1.98. The summed E-state index contributed by atoms with van der Waals surface area (Å²) in [6.45, 7) is 0. The molecule has 0 saturated heterocycles. The largest absolute Gasteiger partial charge is 0.322 e. The lowest BCUT2D eigenvalue weighted by molar-refractivity contribution is 1.25. The van der Waals surface area contributed by atoms with E-state index in [0.29, 0.717) is 0 Å². The predicted molar refractivity (Wildman–Crippen MR) is 62.7 cm³/mol. The number of rotatable bonds is 1. The second-order valence-electron chi connectivity index (χ2n) is 3.52. The van der Waals surface area contributed by atoms with Crippen LogP contribution in [0, 0.1) is 0 Å². The average molecular weight is 197 g/mol. The highest BCUT2D eigenvalue weighted by molar-refractivity contribution is 5.90. The summed E-state index contributed by atoms with van der Waals surface area (Å²) >= 11 is 0. The topological polar surface area (TPSA) is 42.5 Å². The third-order valence-electron chi connectivity index (χ3n) is 2.68. The van der Waals surface area contributed by atoms with Gasteiger partial charge in [-0.15, -0.1) is 0 Å². The fourth-order valence-electron chi connectivity index (χ4n) is 1.98. The van der Waals surface area contributed by atoms with E-state index in [-0.39, 0.29) is 0 Å². The van der Waals surface area contributed by atoms with Gasteiger partial charge >= 0.3 is 0 Å². The lowest BCUT2D eigenvalue weighted by atomic mass is 10.2. The van der Waals surface area contributed by atoms with Crippen LogP contribution in [0.1, 0.15) is 0 Å². The Labute approximate surface area is 87.1 Å². The van der Waals surface area contributed by atoms with Crippen LogP contribution in [0.4, 0.5) is 5.69 Å². The van der Waals surface area contributed by atoms with E-state index < -0.39 is 0 Å². The minimum Gasteiger partial charge on any atom is -0.322 e. The number of hydrogen-bond acceptors (Lipinski definition) is 2. The molecule has 15 heavy (non-hydrogen) atoms. The van der Waals surface area contributed by atoms with Crippen molar-refractivity contribution < 1.29 is 0 Å². The van der Waals surface area contributed by atoms with Crippen LogP contribution >= 0.6 is 0 Å². The molecule has 0 aliphatic carbocycles. The molecule has 0 spiro atoms. The van der Waals surface area contributed by atoms with Crippen molar-refractivity contribution in [3.05, 3.63) is 48.7 Å². The van der Waals surface area contributed by atoms with Gasteiger partial charge in [0.1, 0.15) is 0 Å². The minimum absolute atomic E-state index is 0.943. The number of nitrogen functional groups attached to an aromatic ring is 1. The molecule has 2 aromatic heterocycles. The van der Waals surface area contributed by atoms with Crippen molar-refractivity contribution in [2.24, 2.45) is 5.84 Å². The Hall–Kier alpha value is -2.00. The molecule has 0 bridgehead atoms. The molecule has 74 valence electrons. The zero-order valence-electron chi connectivity index (χ0n) is 8.14. The molecule has 3 nitrogen and oxygen atoms in total. The summed E-state index contributed by atoms with van der Waals surface area (Å²) < 4.78 is 2.13. The van der Waals surface area contributed by atoms with E-state index in [4.69, 9.17) is 5.84 Å². The Morgan fingerprint density at radius 2 is 1.80 bits per heavy atom. The highest BCUT2D eigenvalue weighted by Crippen LogP contribution is 2.24. The number of nitrogens with two attached hydrogens (primary N) is 1. The van der Waals surface area contributed by atoms with E-state index in [1.807, 2.05) is 30.5 Å². The number of hydrazine groups is 1. The van der Waals surface area contributed by atoms with Crippen molar-refractivity contribution >= 4 is 22.1 Å². The van der Waals surface area contributed by atoms with Gasteiger partial charge in [-0.05, 0) is 24.3 Å². The standard InChI is InChI=1S/C12H11N3/c13-14-10-8-9-4-1-2-5-11(9)15-7-3-6-12(10)15/h1-8,14H,13H2. The molecular weight excluding hydrogens is 186 g/mol. The summed E-state index contributed by atoms with van der Waals surface area (Å²) in [6.07, 6.45) is 2.04. The third kappa shape index (κ3) is 1.10. The summed E-state index contributed by atoms with van der Waals surface area (Å²) in [6, 6.07) is 14.4. The molecule has 3 rings (SSSR count). The number of para-hydroxylation sites is 1. The Morgan fingerprint density at radius 3 is 2.67 bits per heavy atom. The van der Waals surface area contributed by atoms with Crippen molar-refractivity contribution in [3.63, 3.8) is 0 Å². The summed E-state index contributed by atoms with van der Waals surface area (Å²) in [5.41, 5.74) is 5.96. The van der Waals surface area contributed by atoms with Gasteiger partial charge in [-0.3, -0.25) is 5.84 Å². The first-order valence-corrected chi connectivity index (χ1v) is 4.85. The first kappa shape index (κ1) is 8.32. The van der Waals surface area contributed by atoms with Crippen LogP contribution in [0.2, 0.25) is 0 Å². The maximum Gasteiger partial charge on any atom is 0.0733 e. The smallest absolute Gasteiger partial charge is 0.0733 e. The molecule has 2 heterocycles. The molecule has 3 heteroatoms. The summed E-state index contributed by atoms with van der Waals surface area (Å²) in [4.78, 5) is 0. The van der Waals surface area contributed by atoms with Crippen LogP contribution in [0.15, 0.2) is 48.7 Å². The van der Waals surface area contributed by atoms with Crippen LogP contribution in [-0.2, 0) is 0 Å². The molecule has 0 atom stereocenters. The molecule has 0 unspecified atom stereocenters. The molecule has 0 aliphatic rings. The van der Waals surface area contributed by atoms with Crippen molar-refractivity contribution in [2.75, 3.05) is 5.43 Å². The molecule has 3 aromatic rings. The van der Waals surface area contributed by atoms with Gasteiger partial charge in [0.25, 0.3) is 0 Å². The minimum atomic E-state index is 0.943. The number of nitrogens with one attached hydrogen (secondary N) is 1. The second-order valence-corrected chi connectivity index (χ2v) is 3.52. The predicted octanol–water partition coefficient (Wildman–Crippen LogP) is 2.38. The van der Waals surface area contributed by atoms with Crippen molar-refractivity contribution in [2.45, 2.75) is 0 Å². The van der Waals surface area contributed by atoms with E-state index in [9.17, 15) is 0 Å². The highest BCUT2D eigenvalue weighted by Gasteiger charge is 2.03. The maximum atomic E-state index is 5.50. The molecule has 0 aliphatic heterocycles. The van der Waals surface area contributed by atoms with Crippen LogP contribution in [-0.4, -0.2) is 4.40 Å². The molecule has 0 fully saturated rings. The van der Waals surface area contributed by atoms with Gasteiger partial charge < -0.3 is 9.83 Å². The summed E-state index contributed by atoms with van der Waals surface area (Å²) in [5, 5.41) is 1.18. The molecule has 1 aromatic carbocycles. The van der Waals surface area contributed by atoms with E-state index in [2.05, 4.69) is 28.0 Å². The van der Waals surface area contributed by atoms with E-state index >= 15 is 0 Å². The van der Waals surface area contributed by atoms with E-state index in [1.54, 1.807) is 0 Å². The van der Waals surface area contributed by atoms with Crippen LogP contribution < -0.4 is 11.3 Å². The lowest BCUT2D eigenvalue weighted by Crippen LogP contribution is -2.08. The summed E-state index contributed by atoms with van der Waals surface area (Å²) in [7, 11) is 0.